The van der Waals surface area contributed by atoms with Gasteiger partial charge in [-0.2, -0.15) is 0 Å². The van der Waals surface area contributed by atoms with E-state index < -0.39 is 0 Å². The standard InChI is InChI=1S/C7H3N3S/c1-8-5-2-3-7-6(4-5)9-10-11-7/h2-4H. The van der Waals surface area contributed by atoms with Crippen molar-refractivity contribution >= 4 is 27.4 Å². The number of rotatable bonds is 0. The summed E-state index contributed by atoms with van der Waals surface area (Å²) >= 11 is 1.34. The molecule has 52 valence electrons. The molecule has 0 aliphatic carbocycles. The van der Waals surface area contributed by atoms with Gasteiger partial charge in [-0.1, -0.05) is 16.6 Å². The minimum atomic E-state index is 0.616. The monoisotopic (exact) mass is 161 g/mol. The van der Waals surface area contributed by atoms with Crippen molar-refractivity contribution in [2.45, 2.75) is 0 Å². The lowest BCUT2D eigenvalue weighted by Gasteiger charge is -1.85. The van der Waals surface area contributed by atoms with Crippen molar-refractivity contribution in [1.82, 2.24) is 9.59 Å². The van der Waals surface area contributed by atoms with E-state index in [0.717, 1.165) is 10.2 Å². The third-order valence-electron chi connectivity index (χ3n) is 1.36. The largest absolute Gasteiger partial charge is 0.238 e. The topological polar surface area (TPSA) is 30.1 Å². The fraction of sp³-hybridized carbons (Fsp3) is 0. The lowest BCUT2D eigenvalue weighted by atomic mass is 10.3. The van der Waals surface area contributed by atoms with Crippen LogP contribution in [0.4, 0.5) is 5.69 Å². The van der Waals surface area contributed by atoms with E-state index in [1.54, 1.807) is 12.1 Å². The molecule has 0 N–H and O–H groups in total. The summed E-state index contributed by atoms with van der Waals surface area (Å²) in [5.74, 6) is 0. The van der Waals surface area contributed by atoms with Crippen LogP contribution in [0.15, 0.2) is 18.2 Å². The van der Waals surface area contributed by atoms with Crippen molar-refractivity contribution in [3.63, 3.8) is 0 Å². The predicted molar refractivity (Wildman–Crippen MR) is 43.7 cm³/mol. The van der Waals surface area contributed by atoms with Gasteiger partial charge in [0, 0.05) is 0 Å². The highest BCUT2D eigenvalue weighted by Crippen LogP contribution is 2.21. The van der Waals surface area contributed by atoms with Crippen LogP contribution < -0.4 is 0 Å². The van der Waals surface area contributed by atoms with Gasteiger partial charge >= 0.3 is 0 Å². The zero-order valence-electron chi connectivity index (χ0n) is 5.48. The van der Waals surface area contributed by atoms with Gasteiger partial charge in [-0.3, -0.25) is 0 Å². The van der Waals surface area contributed by atoms with Gasteiger partial charge in [0.2, 0.25) is 0 Å². The Morgan fingerprint density at radius 2 is 2.36 bits per heavy atom. The minimum absolute atomic E-state index is 0.616. The molecule has 2 aromatic rings. The number of nitrogens with zero attached hydrogens (tertiary/aromatic N) is 3. The van der Waals surface area contributed by atoms with Gasteiger partial charge in [0.1, 0.15) is 0 Å². The maximum absolute atomic E-state index is 6.75. The molecule has 1 heterocycles. The highest BCUT2D eigenvalue weighted by molar-refractivity contribution is 7.12. The van der Waals surface area contributed by atoms with Crippen LogP contribution in [0.2, 0.25) is 0 Å². The second kappa shape index (κ2) is 2.29. The molecule has 0 saturated heterocycles. The first-order valence-corrected chi connectivity index (χ1v) is 3.77. The molecule has 2 rings (SSSR count). The molecule has 0 aliphatic rings. The van der Waals surface area contributed by atoms with Crippen LogP contribution >= 0.6 is 11.5 Å². The molecule has 0 aliphatic heterocycles. The Balaban J connectivity index is 2.79. The lowest BCUT2D eigenvalue weighted by molar-refractivity contribution is 1.20. The highest BCUT2D eigenvalue weighted by atomic mass is 32.1. The molecule has 4 heteroatoms. The zero-order chi connectivity index (χ0) is 7.68. The fourth-order valence-electron chi connectivity index (χ4n) is 0.839. The van der Waals surface area contributed by atoms with E-state index in [0.29, 0.717) is 5.69 Å². The third-order valence-corrected chi connectivity index (χ3v) is 2.06. The predicted octanol–water partition coefficient (Wildman–Crippen LogP) is 2.24. The Morgan fingerprint density at radius 3 is 3.18 bits per heavy atom. The Morgan fingerprint density at radius 1 is 1.45 bits per heavy atom. The summed E-state index contributed by atoms with van der Waals surface area (Å²) in [6.07, 6.45) is 0. The maximum atomic E-state index is 6.75. The molecule has 11 heavy (non-hydrogen) atoms. The van der Waals surface area contributed by atoms with Gasteiger partial charge in [-0.25, -0.2) is 4.85 Å². The van der Waals surface area contributed by atoms with Crippen molar-refractivity contribution in [3.8, 4) is 0 Å². The average Bonchev–Trinajstić information content (AvgIpc) is 2.50. The third kappa shape index (κ3) is 0.954. The van der Waals surface area contributed by atoms with E-state index in [1.807, 2.05) is 6.07 Å². The molecule has 3 nitrogen and oxygen atoms in total. The van der Waals surface area contributed by atoms with Crippen LogP contribution in [0.3, 0.4) is 0 Å². The van der Waals surface area contributed by atoms with Crippen molar-refractivity contribution < 1.29 is 0 Å². The molecule has 1 aromatic heterocycles. The van der Waals surface area contributed by atoms with Gasteiger partial charge in [0.25, 0.3) is 0 Å². The zero-order valence-corrected chi connectivity index (χ0v) is 6.30. The Bertz CT molecular complexity index is 426. The van der Waals surface area contributed by atoms with Crippen molar-refractivity contribution in [2.24, 2.45) is 0 Å². The number of aromatic nitrogens is 2. The highest BCUT2D eigenvalue weighted by Gasteiger charge is 1.97. The summed E-state index contributed by atoms with van der Waals surface area (Å²) < 4.78 is 4.79. The number of fused-ring (bicyclic) bond motifs is 1. The first kappa shape index (κ1) is 6.25. The molecule has 0 fully saturated rings. The molecule has 0 radical (unpaired) electrons. The van der Waals surface area contributed by atoms with Crippen molar-refractivity contribution in [2.75, 3.05) is 0 Å². The Kier molecular flexibility index (Phi) is 1.30. The summed E-state index contributed by atoms with van der Waals surface area (Å²) in [6, 6.07) is 5.38. The Hall–Kier alpha value is -1.47. The summed E-state index contributed by atoms with van der Waals surface area (Å²) in [7, 11) is 0. The SMILES string of the molecule is [C-]#[N+]c1ccc2snnc2c1. The average molecular weight is 161 g/mol. The quantitative estimate of drug-likeness (QED) is 0.554. The molecule has 0 unspecified atom stereocenters. The maximum Gasteiger partial charge on any atom is 0.189 e. The van der Waals surface area contributed by atoms with Gasteiger partial charge in [-0.05, 0) is 17.6 Å². The molecule has 0 saturated carbocycles. The van der Waals surface area contributed by atoms with E-state index >= 15 is 0 Å². The van der Waals surface area contributed by atoms with Crippen molar-refractivity contribution in [1.29, 1.82) is 0 Å². The van der Waals surface area contributed by atoms with E-state index in [9.17, 15) is 0 Å². The first-order valence-electron chi connectivity index (χ1n) is 3.00. The first-order chi connectivity index (χ1) is 5.40. The number of hydrogen-bond acceptors (Lipinski definition) is 3. The normalized spacial score (nSPS) is 9.73. The number of hydrogen-bond donors (Lipinski definition) is 0. The molecular weight excluding hydrogens is 158 g/mol. The van der Waals surface area contributed by atoms with Crippen LogP contribution in [0.5, 0.6) is 0 Å². The number of benzene rings is 1. The van der Waals surface area contributed by atoms with Crippen LogP contribution in [0, 0.1) is 6.57 Å². The Labute approximate surface area is 67.3 Å². The van der Waals surface area contributed by atoms with Crippen LogP contribution in [-0.4, -0.2) is 9.59 Å². The second-order valence-electron chi connectivity index (χ2n) is 2.04. The fourth-order valence-corrected chi connectivity index (χ4v) is 1.38. The van der Waals surface area contributed by atoms with Crippen LogP contribution in [0.1, 0.15) is 0 Å². The lowest BCUT2D eigenvalue weighted by Crippen LogP contribution is -1.66. The van der Waals surface area contributed by atoms with Gasteiger partial charge in [-0.15, -0.1) is 5.10 Å². The summed E-state index contributed by atoms with van der Waals surface area (Å²) in [5.41, 5.74) is 1.42. The minimum Gasteiger partial charge on any atom is -0.238 e. The molecular formula is C7H3N3S. The smallest absolute Gasteiger partial charge is 0.189 e. The summed E-state index contributed by atoms with van der Waals surface area (Å²) in [4.78, 5) is 3.29. The van der Waals surface area contributed by atoms with Gasteiger partial charge in [0.15, 0.2) is 5.69 Å². The molecule has 0 atom stereocenters. The van der Waals surface area contributed by atoms with Crippen molar-refractivity contribution in [3.05, 3.63) is 29.6 Å². The second-order valence-corrected chi connectivity index (χ2v) is 2.82. The van der Waals surface area contributed by atoms with E-state index in [4.69, 9.17) is 6.57 Å². The van der Waals surface area contributed by atoms with E-state index in [1.165, 1.54) is 11.5 Å². The summed E-state index contributed by atoms with van der Waals surface area (Å²) in [5, 5.41) is 3.85. The van der Waals surface area contributed by atoms with Crippen LogP contribution in [-0.2, 0) is 0 Å². The van der Waals surface area contributed by atoms with Gasteiger partial charge < -0.3 is 0 Å². The van der Waals surface area contributed by atoms with Crippen LogP contribution in [0.25, 0.3) is 15.1 Å². The van der Waals surface area contributed by atoms with E-state index in [-0.39, 0.29) is 0 Å². The van der Waals surface area contributed by atoms with E-state index in [2.05, 4.69) is 14.4 Å². The molecule has 0 bridgehead atoms. The molecule has 1 aromatic carbocycles. The molecule has 0 amide bonds. The van der Waals surface area contributed by atoms with Gasteiger partial charge in [0.05, 0.1) is 16.8 Å². The molecule has 0 spiro atoms. The summed E-state index contributed by atoms with van der Waals surface area (Å²) in [6.45, 7) is 6.75.